The maximum Gasteiger partial charge on any atom is 0.312 e. The van der Waals surface area contributed by atoms with Gasteiger partial charge in [-0.2, -0.15) is 42.1 Å². The average molecular weight is 223 g/mol. The summed E-state index contributed by atoms with van der Waals surface area (Å²) < 4.78 is 0. The van der Waals surface area contributed by atoms with Crippen LogP contribution in [0.15, 0.2) is 29.2 Å². The van der Waals surface area contributed by atoms with Crippen molar-refractivity contribution in [1.82, 2.24) is 0 Å². The molecule has 1 N–H and O–H groups in total. The number of carboxylic acids is 1. The van der Waals surface area contributed by atoms with Crippen molar-refractivity contribution in [3.05, 3.63) is 30.3 Å². The van der Waals surface area contributed by atoms with E-state index in [1.807, 2.05) is 12.1 Å². The van der Waals surface area contributed by atoms with Gasteiger partial charge in [0.2, 0.25) is 0 Å². The molecule has 0 aliphatic carbocycles. The smallest absolute Gasteiger partial charge is 0.312 e. The molecule has 12 heavy (non-hydrogen) atoms. The number of hydrogen-bond donors (Lipinski definition) is 1. The van der Waals surface area contributed by atoms with E-state index in [4.69, 9.17) is 5.11 Å². The molecule has 2 nitrogen and oxygen atoms in total. The maximum absolute atomic E-state index is 10.1. The van der Waals surface area contributed by atoms with Gasteiger partial charge >= 0.3 is 5.97 Å². The molecule has 0 unspecified atom stereocenters. The van der Waals surface area contributed by atoms with Crippen molar-refractivity contribution in [3.8, 4) is 0 Å². The van der Waals surface area contributed by atoms with Gasteiger partial charge < -0.3 is 5.11 Å². The van der Waals surface area contributed by atoms with Gasteiger partial charge in [0.25, 0.3) is 0 Å². The zero-order valence-corrected chi connectivity index (χ0v) is 8.05. The summed E-state index contributed by atoms with van der Waals surface area (Å²) >= 11 is 1.30. The van der Waals surface area contributed by atoms with Gasteiger partial charge in [0, 0.05) is 17.1 Å². The molecule has 4 heteroatoms. The quantitative estimate of drug-likeness (QED) is 0.481. The topological polar surface area (TPSA) is 37.3 Å². The van der Waals surface area contributed by atoms with Crippen LogP contribution in [0.5, 0.6) is 0 Å². The first kappa shape index (κ1) is 11.6. The van der Waals surface area contributed by atoms with E-state index in [9.17, 15) is 4.79 Å². The number of carbonyl (C=O) groups is 1. The van der Waals surface area contributed by atoms with Crippen molar-refractivity contribution in [2.75, 3.05) is 5.75 Å². The van der Waals surface area contributed by atoms with E-state index in [0.29, 0.717) is 0 Å². The minimum absolute atomic E-state index is 0. The zero-order valence-electron chi connectivity index (χ0n) is 6.13. The van der Waals surface area contributed by atoms with Crippen LogP contribution in [0.3, 0.4) is 0 Å². The number of rotatable bonds is 3. The Kier molecular flexibility index (Phi) is 5.89. The molecular formula is C8H7FeO2S-. The fraction of sp³-hybridized carbons (Fsp3) is 0.125. The van der Waals surface area contributed by atoms with E-state index in [1.165, 1.54) is 11.8 Å². The normalized spacial score (nSPS) is 8.67. The van der Waals surface area contributed by atoms with Crippen LogP contribution in [-0.4, -0.2) is 16.8 Å². The van der Waals surface area contributed by atoms with Crippen LogP contribution in [0.2, 0.25) is 0 Å². The number of aliphatic carboxylic acids is 1. The van der Waals surface area contributed by atoms with Crippen LogP contribution in [0.25, 0.3) is 0 Å². The first-order valence-electron chi connectivity index (χ1n) is 3.10. The van der Waals surface area contributed by atoms with Crippen LogP contribution >= 0.6 is 11.8 Å². The van der Waals surface area contributed by atoms with Gasteiger partial charge in [-0.3, -0.25) is 4.79 Å². The number of carboxylic acid groups (broad SMARTS) is 1. The largest absolute Gasteiger partial charge is 0.481 e. The number of hydrogen-bond acceptors (Lipinski definition) is 2. The molecule has 1 aromatic rings. The molecule has 66 valence electrons. The second kappa shape index (κ2) is 6.12. The van der Waals surface area contributed by atoms with Gasteiger partial charge in [-0.05, 0) is 0 Å². The van der Waals surface area contributed by atoms with E-state index < -0.39 is 5.97 Å². The first-order valence-corrected chi connectivity index (χ1v) is 4.08. The first-order chi connectivity index (χ1) is 5.29. The molecule has 0 aromatic heterocycles. The summed E-state index contributed by atoms with van der Waals surface area (Å²) in [5, 5.41) is 8.34. The third-order valence-electron chi connectivity index (χ3n) is 1.04. The summed E-state index contributed by atoms with van der Waals surface area (Å²) in [7, 11) is 0. The summed E-state index contributed by atoms with van der Waals surface area (Å²) in [6, 6.07) is 10.1. The van der Waals surface area contributed by atoms with Crippen molar-refractivity contribution in [2.24, 2.45) is 0 Å². The van der Waals surface area contributed by atoms with E-state index in [-0.39, 0.29) is 22.8 Å². The predicted octanol–water partition coefficient (Wildman–Crippen LogP) is 1.66. The summed E-state index contributed by atoms with van der Waals surface area (Å²) in [6.07, 6.45) is 0. The molecule has 1 aromatic carbocycles. The van der Waals surface area contributed by atoms with Crippen molar-refractivity contribution in [3.63, 3.8) is 0 Å². The SMILES string of the molecule is O=C(O)CSc1c[c-]ccc1.[Fe]. The number of thioether (sulfide) groups is 1. The molecule has 0 amide bonds. The monoisotopic (exact) mass is 223 g/mol. The molecule has 0 fully saturated rings. The molecular weight excluding hydrogens is 216 g/mol. The fourth-order valence-corrected chi connectivity index (χ4v) is 1.23. The fourth-order valence-electron chi connectivity index (χ4n) is 0.612. The third-order valence-corrected chi connectivity index (χ3v) is 2.02. The van der Waals surface area contributed by atoms with Crippen molar-refractivity contribution < 1.29 is 27.0 Å². The van der Waals surface area contributed by atoms with Gasteiger partial charge in [-0.25, -0.2) is 0 Å². The van der Waals surface area contributed by atoms with Crippen molar-refractivity contribution in [2.45, 2.75) is 4.90 Å². The Bertz CT molecular complexity index is 238. The van der Waals surface area contributed by atoms with E-state index in [2.05, 4.69) is 6.07 Å². The van der Waals surface area contributed by atoms with Gasteiger partial charge in [0.1, 0.15) is 0 Å². The minimum Gasteiger partial charge on any atom is -0.481 e. The third kappa shape index (κ3) is 4.44. The second-order valence-electron chi connectivity index (χ2n) is 1.92. The molecule has 0 saturated carbocycles. The Morgan fingerprint density at radius 2 is 2.42 bits per heavy atom. The molecule has 0 heterocycles. The minimum atomic E-state index is -0.793. The molecule has 0 aliphatic heterocycles. The van der Waals surface area contributed by atoms with Crippen LogP contribution in [0, 0.1) is 6.07 Å². The van der Waals surface area contributed by atoms with Crippen LogP contribution < -0.4 is 0 Å². The molecule has 1 rings (SSSR count). The molecule has 0 spiro atoms. The molecule has 0 atom stereocenters. The Balaban J connectivity index is 0.00000121. The average Bonchev–Trinajstić information content (AvgIpc) is 2.03. The van der Waals surface area contributed by atoms with Crippen LogP contribution in [0.1, 0.15) is 0 Å². The van der Waals surface area contributed by atoms with Crippen LogP contribution in [-0.2, 0) is 21.9 Å². The molecule has 0 aliphatic rings. The number of benzene rings is 1. The predicted molar refractivity (Wildman–Crippen MR) is 43.6 cm³/mol. The van der Waals surface area contributed by atoms with E-state index >= 15 is 0 Å². The second-order valence-corrected chi connectivity index (χ2v) is 2.97. The van der Waals surface area contributed by atoms with E-state index in [1.54, 1.807) is 12.1 Å². The summed E-state index contributed by atoms with van der Waals surface area (Å²) in [5.74, 6) is -0.684. The Morgan fingerprint density at radius 3 is 2.92 bits per heavy atom. The van der Waals surface area contributed by atoms with Crippen molar-refractivity contribution >= 4 is 17.7 Å². The Morgan fingerprint density at radius 1 is 1.67 bits per heavy atom. The van der Waals surface area contributed by atoms with Crippen molar-refractivity contribution in [1.29, 1.82) is 0 Å². The molecule has 0 bridgehead atoms. The Hall–Kier alpha value is -0.441. The van der Waals surface area contributed by atoms with E-state index in [0.717, 1.165) is 4.90 Å². The summed E-state index contributed by atoms with van der Waals surface area (Å²) in [4.78, 5) is 11.1. The van der Waals surface area contributed by atoms with Gasteiger partial charge in [-0.15, -0.1) is 4.90 Å². The van der Waals surface area contributed by atoms with Gasteiger partial charge in [0.15, 0.2) is 0 Å². The standard InChI is InChI=1S/C8H7O2S.Fe/c9-8(10)6-11-7-4-2-1-3-5-7;/h1-2,4-5H,6H2,(H,9,10);/q-1;. The van der Waals surface area contributed by atoms with Crippen LogP contribution in [0.4, 0.5) is 0 Å². The summed E-state index contributed by atoms with van der Waals surface area (Å²) in [6.45, 7) is 0. The zero-order chi connectivity index (χ0) is 8.10. The summed E-state index contributed by atoms with van der Waals surface area (Å²) in [5.41, 5.74) is 0. The molecule has 0 saturated heterocycles. The van der Waals surface area contributed by atoms with Gasteiger partial charge in [-0.1, -0.05) is 0 Å². The molecule has 0 radical (unpaired) electrons. The maximum atomic E-state index is 10.1. The van der Waals surface area contributed by atoms with Gasteiger partial charge in [0.05, 0.1) is 5.75 Å². The Labute approximate surface area is 85.8 Å².